The van der Waals surface area contributed by atoms with Crippen LogP contribution in [0.3, 0.4) is 0 Å². The number of ether oxygens (including phenoxy) is 1. The summed E-state index contributed by atoms with van der Waals surface area (Å²) >= 11 is 0. The molecule has 0 bridgehead atoms. The predicted octanol–water partition coefficient (Wildman–Crippen LogP) is 2.79. The second-order valence-corrected chi connectivity index (χ2v) is 5.56. The maximum atomic E-state index is 12.4. The van der Waals surface area contributed by atoms with Crippen LogP contribution < -0.4 is 5.32 Å². The van der Waals surface area contributed by atoms with Crippen LogP contribution in [-0.4, -0.2) is 38.2 Å². The number of hydrogen-bond acceptors (Lipinski definition) is 6. The molecule has 7 nitrogen and oxygen atoms in total. The van der Waals surface area contributed by atoms with Crippen LogP contribution in [-0.2, 0) is 4.74 Å². The topological polar surface area (TPSA) is 81.4 Å². The number of esters is 1. The van der Waals surface area contributed by atoms with Crippen LogP contribution in [0.4, 0.5) is 5.82 Å². The fourth-order valence-corrected chi connectivity index (χ4v) is 2.40. The molecule has 3 aromatic heterocycles. The molecule has 24 heavy (non-hydrogen) atoms. The zero-order valence-electron chi connectivity index (χ0n) is 13.9. The van der Waals surface area contributed by atoms with Crippen molar-refractivity contribution in [2.75, 3.05) is 11.9 Å². The molecule has 3 rings (SSSR count). The van der Waals surface area contributed by atoms with E-state index < -0.39 is 5.97 Å². The number of nitrogens with one attached hydrogen (secondary N) is 1. The Bertz CT molecular complexity index is 855. The molecule has 0 fully saturated rings. The predicted molar refractivity (Wildman–Crippen MR) is 90.9 cm³/mol. The molecule has 0 spiro atoms. The highest BCUT2D eigenvalue weighted by molar-refractivity contribution is 6.02. The van der Waals surface area contributed by atoms with Crippen molar-refractivity contribution in [1.29, 1.82) is 0 Å². The monoisotopic (exact) mass is 325 g/mol. The van der Waals surface area contributed by atoms with Gasteiger partial charge in [-0.3, -0.25) is 0 Å². The smallest absolute Gasteiger partial charge is 0.344 e. The molecule has 0 amide bonds. The van der Waals surface area contributed by atoms with Gasteiger partial charge in [0.1, 0.15) is 17.1 Å². The average molecular weight is 325 g/mol. The molecule has 0 aliphatic rings. The summed E-state index contributed by atoms with van der Waals surface area (Å²) in [5.41, 5.74) is 2.06. The van der Waals surface area contributed by atoms with Crippen molar-refractivity contribution in [2.45, 2.75) is 26.8 Å². The lowest BCUT2D eigenvalue weighted by Crippen LogP contribution is -2.10. The van der Waals surface area contributed by atoms with Gasteiger partial charge in [-0.15, -0.1) is 0 Å². The molecule has 0 saturated heterocycles. The van der Waals surface area contributed by atoms with Gasteiger partial charge in [0.15, 0.2) is 5.65 Å². The lowest BCUT2D eigenvalue weighted by Gasteiger charge is -2.09. The Hall–Kier alpha value is -2.96. The summed E-state index contributed by atoms with van der Waals surface area (Å²) in [6.07, 6.45) is 5.06. The highest BCUT2D eigenvalue weighted by Gasteiger charge is 2.23. The maximum absolute atomic E-state index is 12.4. The van der Waals surface area contributed by atoms with E-state index in [4.69, 9.17) is 4.74 Å². The van der Waals surface area contributed by atoms with Crippen LogP contribution in [0.5, 0.6) is 0 Å². The Morgan fingerprint density at radius 2 is 2.17 bits per heavy atom. The highest BCUT2D eigenvalue weighted by Crippen LogP contribution is 2.26. The first-order chi connectivity index (χ1) is 11.6. The molecule has 0 atom stereocenters. The van der Waals surface area contributed by atoms with Crippen LogP contribution in [0.25, 0.3) is 16.9 Å². The summed E-state index contributed by atoms with van der Waals surface area (Å²) in [7, 11) is 0. The van der Waals surface area contributed by atoms with Gasteiger partial charge in [0.2, 0.25) is 0 Å². The number of anilines is 1. The van der Waals surface area contributed by atoms with Gasteiger partial charge in [-0.1, -0.05) is 0 Å². The molecule has 124 valence electrons. The Labute approximate surface area is 139 Å². The number of carbonyl (C=O) groups excluding carboxylic acids is 1. The number of rotatable bonds is 5. The van der Waals surface area contributed by atoms with Crippen molar-refractivity contribution < 1.29 is 9.53 Å². The van der Waals surface area contributed by atoms with Gasteiger partial charge >= 0.3 is 5.97 Å². The first-order valence-corrected chi connectivity index (χ1v) is 7.83. The van der Waals surface area contributed by atoms with E-state index in [2.05, 4.69) is 20.4 Å². The number of aromatic nitrogens is 4. The summed E-state index contributed by atoms with van der Waals surface area (Å²) in [6.45, 7) is 6.15. The van der Waals surface area contributed by atoms with Crippen molar-refractivity contribution in [3.05, 3.63) is 42.4 Å². The molecule has 0 aromatic carbocycles. The van der Waals surface area contributed by atoms with Gasteiger partial charge in [-0.05, 0) is 39.0 Å². The quantitative estimate of drug-likeness (QED) is 0.727. The van der Waals surface area contributed by atoms with Crippen LogP contribution in [0.1, 0.15) is 31.1 Å². The first kappa shape index (κ1) is 15.9. The van der Waals surface area contributed by atoms with E-state index in [1.165, 1.54) is 0 Å². The number of carbonyl (C=O) groups is 1. The summed E-state index contributed by atoms with van der Waals surface area (Å²) < 4.78 is 6.74. The van der Waals surface area contributed by atoms with Gasteiger partial charge in [0, 0.05) is 30.2 Å². The highest BCUT2D eigenvalue weighted by atomic mass is 16.5. The van der Waals surface area contributed by atoms with Gasteiger partial charge in [0.05, 0.1) is 6.61 Å². The van der Waals surface area contributed by atoms with Gasteiger partial charge in [0.25, 0.3) is 0 Å². The normalized spacial score (nSPS) is 11.0. The molecule has 7 heteroatoms. The van der Waals surface area contributed by atoms with Crippen molar-refractivity contribution in [2.24, 2.45) is 0 Å². The minimum atomic E-state index is -0.439. The standard InChI is InChI=1S/C17H19N5O2/c1-4-24-17(23)14-15(21-22-9-5-8-18-16(14)22)12-6-7-13(19-10-12)20-11(2)3/h5-11H,4H2,1-3H3,(H,19,20). The Morgan fingerprint density at radius 3 is 2.83 bits per heavy atom. The molecule has 0 aliphatic heterocycles. The van der Waals surface area contributed by atoms with Crippen LogP contribution in [0, 0.1) is 0 Å². The van der Waals surface area contributed by atoms with E-state index in [0.717, 1.165) is 11.4 Å². The Kier molecular flexibility index (Phi) is 4.41. The number of fused-ring (bicyclic) bond motifs is 1. The Morgan fingerprint density at radius 1 is 1.33 bits per heavy atom. The van der Waals surface area contributed by atoms with E-state index in [1.807, 2.05) is 26.0 Å². The maximum Gasteiger partial charge on any atom is 0.344 e. The van der Waals surface area contributed by atoms with Gasteiger partial charge in [-0.25, -0.2) is 19.3 Å². The minimum absolute atomic E-state index is 0.290. The van der Waals surface area contributed by atoms with E-state index in [-0.39, 0.29) is 12.6 Å². The third kappa shape index (κ3) is 3.05. The molecule has 0 aliphatic carbocycles. The zero-order chi connectivity index (χ0) is 17.1. The van der Waals surface area contributed by atoms with E-state index in [0.29, 0.717) is 16.9 Å². The second kappa shape index (κ2) is 6.66. The fraction of sp³-hybridized carbons (Fsp3) is 0.294. The first-order valence-electron chi connectivity index (χ1n) is 7.83. The molecular weight excluding hydrogens is 306 g/mol. The lowest BCUT2D eigenvalue weighted by molar-refractivity contribution is 0.0529. The minimum Gasteiger partial charge on any atom is -0.462 e. The van der Waals surface area contributed by atoms with Crippen molar-refractivity contribution in [3.63, 3.8) is 0 Å². The van der Waals surface area contributed by atoms with Crippen molar-refractivity contribution >= 4 is 17.4 Å². The van der Waals surface area contributed by atoms with E-state index >= 15 is 0 Å². The average Bonchev–Trinajstić information content (AvgIpc) is 2.94. The summed E-state index contributed by atoms with van der Waals surface area (Å²) in [4.78, 5) is 21.0. The molecule has 1 N–H and O–H groups in total. The number of hydrogen-bond donors (Lipinski definition) is 1. The summed E-state index contributed by atoms with van der Waals surface area (Å²) in [5, 5.41) is 7.70. The lowest BCUT2D eigenvalue weighted by atomic mass is 10.1. The molecule has 0 unspecified atom stereocenters. The number of pyridine rings is 1. The fourth-order valence-electron chi connectivity index (χ4n) is 2.40. The second-order valence-electron chi connectivity index (χ2n) is 5.56. The number of nitrogens with zero attached hydrogens (tertiary/aromatic N) is 4. The Balaban J connectivity index is 2.08. The van der Waals surface area contributed by atoms with Gasteiger partial charge in [-0.2, -0.15) is 5.10 Å². The molecule has 0 saturated carbocycles. The third-order valence-electron chi connectivity index (χ3n) is 3.35. The van der Waals surface area contributed by atoms with Crippen LogP contribution in [0.2, 0.25) is 0 Å². The van der Waals surface area contributed by atoms with Crippen LogP contribution in [0.15, 0.2) is 36.8 Å². The van der Waals surface area contributed by atoms with E-state index in [1.54, 1.807) is 36.1 Å². The molecule has 3 aromatic rings. The molecule has 3 heterocycles. The molecular formula is C17H19N5O2. The largest absolute Gasteiger partial charge is 0.462 e. The third-order valence-corrected chi connectivity index (χ3v) is 3.35. The molecule has 0 radical (unpaired) electrons. The SMILES string of the molecule is CCOC(=O)c1c(-c2ccc(NC(C)C)nc2)nn2cccnc12. The van der Waals surface area contributed by atoms with Crippen molar-refractivity contribution in [1.82, 2.24) is 19.6 Å². The van der Waals surface area contributed by atoms with Crippen LogP contribution >= 0.6 is 0 Å². The van der Waals surface area contributed by atoms with Gasteiger partial charge < -0.3 is 10.1 Å². The summed E-state index contributed by atoms with van der Waals surface area (Å²) in [6, 6.07) is 5.79. The zero-order valence-corrected chi connectivity index (χ0v) is 13.9. The van der Waals surface area contributed by atoms with E-state index in [9.17, 15) is 4.79 Å². The summed E-state index contributed by atoms with van der Waals surface area (Å²) in [5.74, 6) is 0.332. The van der Waals surface area contributed by atoms with Crippen molar-refractivity contribution in [3.8, 4) is 11.3 Å².